The zero-order chi connectivity index (χ0) is 18.8. The van der Waals surface area contributed by atoms with Gasteiger partial charge in [0.15, 0.2) is 0 Å². The van der Waals surface area contributed by atoms with Gasteiger partial charge in [0.25, 0.3) is 5.56 Å². The van der Waals surface area contributed by atoms with Gasteiger partial charge in [0.1, 0.15) is 18.0 Å². The monoisotopic (exact) mass is 369 g/mol. The predicted octanol–water partition coefficient (Wildman–Crippen LogP) is 1.03. The van der Waals surface area contributed by atoms with Crippen molar-refractivity contribution in [2.45, 2.75) is 38.3 Å². The molecule has 1 unspecified atom stereocenters. The van der Waals surface area contributed by atoms with Crippen molar-refractivity contribution >= 4 is 11.6 Å². The van der Waals surface area contributed by atoms with Crippen LogP contribution in [0.5, 0.6) is 0 Å². The van der Waals surface area contributed by atoms with Crippen molar-refractivity contribution in [2.24, 2.45) is 7.05 Å². The number of hydrogen-bond donors (Lipinski definition) is 1. The number of aryl methyl sites for hydroxylation is 1. The van der Waals surface area contributed by atoms with Crippen LogP contribution in [0.25, 0.3) is 0 Å². The van der Waals surface area contributed by atoms with Gasteiger partial charge < -0.3 is 15.1 Å². The highest BCUT2D eigenvalue weighted by Crippen LogP contribution is 2.25. The number of rotatable bonds is 4. The molecule has 8 heteroatoms. The normalized spacial score (nSPS) is 20.4. The Hall–Kier alpha value is -2.48. The van der Waals surface area contributed by atoms with Crippen molar-refractivity contribution in [1.82, 2.24) is 24.6 Å². The third kappa shape index (κ3) is 3.80. The molecule has 2 aliphatic heterocycles. The second kappa shape index (κ2) is 7.64. The minimum absolute atomic E-state index is 0.0813. The van der Waals surface area contributed by atoms with Gasteiger partial charge >= 0.3 is 0 Å². The summed E-state index contributed by atoms with van der Waals surface area (Å²) in [5.41, 5.74) is 2.29. The second-order valence-corrected chi connectivity index (χ2v) is 7.51. The molecular formula is C19H27N7O. The molecule has 1 atom stereocenters. The minimum atomic E-state index is -0.0813. The molecule has 2 aromatic heterocycles. The number of aromatic nitrogens is 4. The first-order chi connectivity index (χ1) is 13.1. The molecule has 8 nitrogen and oxygen atoms in total. The number of nitrogens with zero attached hydrogens (tertiary/aromatic N) is 6. The zero-order valence-electron chi connectivity index (χ0n) is 16.1. The smallest absolute Gasteiger partial charge is 0.266 e. The van der Waals surface area contributed by atoms with Crippen molar-refractivity contribution in [1.29, 1.82) is 0 Å². The summed E-state index contributed by atoms with van der Waals surface area (Å²) in [5, 5.41) is 8.02. The molecule has 0 spiro atoms. The highest BCUT2D eigenvalue weighted by molar-refractivity contribution is 5.48. The van der Waals surface area contributed by atoms with Gasteiger partial charge in [-0.15, -0.1) is 0 Å². The van der Waals surface area contributed by atoms with Crippen LogP contribution in [0.1, 0.15) is 30.5 Å². The molecule has 0 aliphatic carbocycles. The van der Waals surface area contributed by atoms with Crippen LogP contribution in [0.3, 0.4) is 0 Å². The van der Waals surface area contributed by atoms with E-state index in [0.717, 1.165) is 62.8 Å². The maximum Gasteiger partial charge on any atom is 0.266 e. The lowest BCUT2D eigenvalue weighted by Gasteiger charge is -2.37. The first-order valence-corrected chi connectivity index (χ1v) is 9.68. The molecule has 2 aromatic rings. The van der Waals surface area contributed by atoms with Crippen molar-refractivity contribution in [3.05, 3.63) is 40.1 Å². The minimum Gasteiger partial charge on any atom is -0.368 e. The fourth-order valence-corrected chi connectivity index (χ4v) is 4.00. The molecule has 0 aromatic carbocycles. The van der Waals surface area contributed by atoms with Gasteiger partial charge in [-0.2, -0.15) is 5.10 Å². The third-order valence-corrected chi connectivity index (χ3v) is 5.57. The number of hydrogen-bond acceptors (Lipinski definition) is 7. The fraction of sp³-hybridized carbons (Fsp3) is 0.579. The van der Waals surface area contributed by atoms with Crippen LogP contribution in [0, 0.1) is 0 Å². The Bertz CT molecular complexity index is 865. The van der Waals surface area contributed by atoms with Crippen molar-refractivity contribution in [3.8, 4) is 0 Å². The van der Waals surface area contributed by atoms with Gasteiger partial charge in [-0.3, -0.25) is 4.79 Å². The Labute approximate surface area is 159 Å². The molecule has 0 radical (unpaired) electrons. The lowest BCUT2D eigenvalue weighted by atomic mass is 10.0. The van der Waals surface area contributed by atoms with Crippen LogP contribution in [0.15, 0.2) is 23.3 Å². The number of fused-ring (bicyclic) bond motifs is 1. The number of piperidine rings is 1. The highest BCUT2D eigenvalue weighted by atomic mass is 16.1. The molecular weight excluding hydrogens is 342 g/mol. The molecule has 1 N–H and O–H groups in total. The quantitative estimate of drug-likeness (QED) is 0.862. The number of likely N-dealkylation sites (N-methyl/N-ethyl adjacent to an activating group) is 1. The van der Waals surface area contributed by atoms with Crippen LogP contribution in [-0.4, -0.2) is 57.4 Å². The van der Waals surface area contributed by atoms with Crippen LogP contribution < -0.4 is 15.8 Å². The van der Waals surface area contributed by atoms with E-state index in [-0.39, 0.29) is 5.56 Å². The largest absolute Gasteiger partial charge is 0.368 e. The highest BCUT2D eigenvalue weighted by Gasteiger charge is 2.25. The molecule has 0 saturated carbocycles. The van der Waals surface area contributed by atoms with Crippen molar-refractivity contribution in [2.75, 3.05) is 36.9 Å². The van der Waals surface area contributed by atoms with E-state index in [9.17, 15) is 4.79 Å². The SMILES string of the molecule is CN1CCc2ncnc(NCC3CCCCN3c3ccc(=O)n(C)n3)c2C1. The van der Waals surface area contributed by atoms with E-state index in [1.807, 2.05) is 6.07 Å². The summed E-state index contributed by atoms with van der Waals surface area (Å²) >= 11 is 0. The third-order valence-electron chi connectivity index (χ3n) is 5.57. The van der Waals surface area contributed by atoms with E-state index >= 15 is 0 Å². The molecule has 0 amide bonds. The van der Waals surface area contributed by atoms with E-state index < -0.39 is 0 Å². The van der Waals surface area contributed by atoms with Gasteiger partial charge in [0, 0.05) is 57.3 Å². The summed E-state index contributed by atoms with van der Waals surface area (Å²) in [6, 6.07) is 3.76. The Balaban J connectivity index is 1.51. The maximum absolute atomic E-state index is 11.7. The summed E-state index contributed by atoms with van der Waals surface area (Å²) in [4.78, 5) is 25.2. The molecule has 4 rings (SSSR count). The number of anilines is 2. The summed E-state index contributed by atoms with van der Waals surface area (Å²) in [7, 11) is 3.83. The molecule has 0 bridgehead atoms. The Morgan fingerprint density at radius 1 is 1.19 bits per heavy atom. The summed E-state index contributed by atoms with van der Waals surface area (Å²) in [5.74, 6) is 1.82. The molecule has 2 aliphatic rings. The van der Waals surface area contributed by atoms with Crippen LogP contribution in [-0.2, 0) is 20.0 Å². The summed E-state index contributed by atoms with van der Waals surface area (Å²) in [6.07, 6.45) is 6.10. The Kier molecular flexibility index (Phi) is 5.07. The van der Waals surface area contributed by atoms with Gasteiger partial charge in [-0.1, -0.05) is 0 Å². The van der Waals surface area contributed by atoms with Gasteiger partial charge in [0.05, 0.1) is 5.69 Å². The topological polar surface area (TPSA) is 79.2 Å². The van der Waals surface area contributed by atoms with E-state index in [2.05, 4.69) is 37.2 Å². The van der Waals surface area contributed by atoms with E-state index in [0.29, 0.717) is 6.04 Å². The number of nitrogens with one attached hydrogen (secondary N) is 1. The molecule has 144 valence electrons. The van der Waals surface area contributed by atoms with E-state index in [4.69, 9.17) is 0 Å². The predicted molar refractivity (Wildman–Crippen MR) is 105 cm³/mol. The fourth-order valence-electron chi connectivity index (χ4n) is 4.00. The maximum atomic E-state index is 11.7. The molecule has 1 fully saturated rings. The molecule has 4 heterocycles. The first kappa shape index (κ1) is 17.9. The van der Waals surface area contributed by atoms with Crippen LogP contribution >= 0.6 is 0 Å². The van der Waals surface area contributed by atoms with E-state index in [1.54, 1.807) is 19.4 Å². The van der Waals surface area contributed by atoms with Crippen molar-refractivity contribution in [3.63, 3.8) is 0 Å². The van der Waals surface area contributed by atoms with Gasteiger partial charge in [-0.25, -0.2) is 14.6 Å². The molecule has 27 heavy (non-hydrogen) atoms. The lowest BCUT2D eigenvalue weighted by Crippen LogP contribution is -2.45. The second-order valence-electron chi connectivity index (χ2n) is 7.51. The van der Waals surface area contributed by atoms with Gasteiger partial charge in [0.2, 0.25) is 0 Å². The van der Waals surface area contributed by atoms with Crippen LogP contribution in [0.2, 0.25) is 0 Å². The average molecular weight is 369 g/mol. The zero-order valence-corrected chi connectivity index (χ0v) is 16.1. The van der Waals surface area contributed by atoms with Crippen molar-refractivity contribution < 1.29 is 0 Å². The van der Waals surface area contributed by atoms with Crippen LogP contribution in [0.4, 0.5) is 11.6 Å². The average Bonchev–Trinajstić information content (AvgIpc) is 2.69. The van der Waals surface area contributed by atoms with E-state index in [1.165, 1.54) is 16.7 Å². The standard InChI is InChI=1S/C19H27N7O/c1-24-10-8-16-15(12-24)19(22-13-21-16)20-11-14-5-3-4-9-26(14)17-6-7-18(27)25(2)23-17/h6-7,13-14H,3-5,8-12H2,1-2H3,(H,20,21,22). The lowest BCUT2D eigenvalue weighted by molar-refractivity contribution is 0.309. The Morgan fingerprint density at radius 3 is 2.93 bits per heavy atom. The summed E-state index contributed by atoms with van der Waals surface area (Å²) in [6.45, 7) is 3.69. The Morgan fingerprint density at radius 2 is 2.07 bits per heavy atom. The first-order valence-electron chi connectivity index (χ1n) is 9.68. The van der Waals surface area contributed by atoms with Gasteiger partial charge in [-0.05, 0) is 32.4 Å². The summed E-state index contributed by atoms with van der Waals surface area (Å²) < 4.78 is 1.41. The molecule has 1 saturated heterocycles.